The molecule has 0 N–H and O–H groups in total. The highest BCUT2D eigenvalue weighted by atomic mass is 35.5. The third-order valence-corrected chi connectivity index (χ3v) is 10.2. The van der Waals surface area contributed by atoms with Gasteiger partial charge >= 0.3 is 0 Å². The maximum absolute atomic E-state index is 13.7. The van der Waals surface area contributed by atoms with Gasteiger partial charge in [-0.05, 0) is 50.2 Å². The lowest BCUT2D eigenvalue weighted by molar-refractivity contribution is 0.00546. The summed E-state index contributed by atoms with van der Waals surface area (Å²) in [6.45, 7) is 1.58. The van der Waals surface area contributed by atoms with Crippen LogP contribution in [0, 0.1) is 5.41 Å². The van der Waals surface area contributed by atoms with Crippen molar-refractivity contribution in [2.45, 2.75) is 62.1 Å². The van der Waals surface area contributed by atoms with Crippen LogP contribution in [0.4, 0.5) is 0 Å². The average Bonchev–Trinajstić information content (AvgIpc) is 3.25. The van der Waals surface area contributed by atoms with Gasteiger partial charge < -0.3 is 14.2 Å². The van der Waals surface area contributed by atoms with Gasteiger partial charge in [-0.3, -0.25) is 4.57 Å². The second-order valence-electron chi connectivity index (χ2n) is 10.2. The Kier molecular flexibility index (Phi) is 7.36. The van der Waals surface area contributed by atoms with Crippen molar-refractivity contribution in [3.63, 3.8) is 0 Å². The van der Waals surface area contributed by atoms with E-state index >= 15 is 0 Å². The molecule has 0 saturated heterocycles. The smallest absolute Gasteiger partial charge is 0.163 e. The topological polar surface area (TPSA) is 118 Å². The Morgan fingerprint density at radius 3 is 2.24 bits per heavy atom. The van der Waals surface area contributed by atoms with Gasteiger partial charge in [0, 0.05) is 25.4 Å². The number of ether oxygens (including phenoxy) is 3. The van der Waals surface area contributed by atoms with Gasteiger partial charge in [0.25, 0.3) is 0 Å². The molecule has 38 heavy (non-hydrogen) atoms. The van der Waals surface area contributed by atoms with Crippen molar-refractivity contribution in [2.75, 3.05) is 21.3 Å². The molecule has 3 aromatic rings. The summed E-state index contributed by atoms with van der Waals surface area (Å²) in [5, 5.41) is 8.32. The van der Waals surface area contributed by atoms with E-state index in [9.17, 15) is 8.42 Å². The maximum atomic E-state index is 13.7. The molecule has 1 spiro atoms. The summed E-state index contributed by atoms with van der Waals surface area (Å²) in [6, 6.07) is 5.46. The molecule has 0 unspecified atom stereocenters. The molecule has 12 heteroatoms. The molecule has 2 saturated carbocycles. The number of nitrogens with zero attached hydrogens (tertiary/aromatic N) is 5. The molecule has 1 aromatic carbocycles. The van der Waals surface area contributed by atoms with E-state index in [0.29, 0.717) is 27.6 Å². The monoisotopic (exact) mass is 561 g/mol. The van der Waals surface area contributed by atoms with Crippen LogP contribution in [0.25, 0.3) is 5.69 Å². The molecule has 2 aromatic heterocycles. The molecule has 0 amide bonds. The van der Waals surface area contributed by atoms with Crippen molar-refractivity contribution >= 4 is 21.4 Å². The van der Waals surface area contributed by atoms with Gasteiger partial charge in [0.05, 0.1) is 24.5 Å². The summed E-state index contributed by atoms with van der Waals surface area (Å²) in [5.41, 5.74) is 0.992. The van der Waals surface area contributed by atoms with Crippen LogP contribution in [0.5, 0.6) is 11.5 Å². The lowest BCUT2D eigenvalue weighted by Crippen LogP contribution is -2.42. The minimum atomic E-state index is -3.81. The summed E-state index contributed by atoms with van der Waals surface area (Å²) in [7, 11) is 0.764. The maximum Gasteiger partial charge on any atom is 0.163 e. The molecular weight excluding hydrogens is 530 g/mol. The van der Waals surface area contributed by atoms with E-state index in [1.54, 1.807) is 21.1 Å². The number of para-hydroxylation sites is 1. The van der Waals surface area contributed by atoms with E-state index in [1.807, 2.05) is 22.8 Å². The molecule has 2 aliphatic rings. The highest BCUT2D eigenvalue weighted by Crippen LogP contribution is 2.62. The van der Waals surface area contributed by atoms with E-state index < -0.39 is 21.2 Å². The van der Waals surface area contributed by atoms with Crippen molar-refractivity contribution in [3.8, 4) is 17.2 Å². The van der Waals surface area contributed by atoms with Crippen molar-refractivity contribution in [2.24, 2.45) is 5.41 Å². The second kappa shape index (κ2) is 10.4. The van der Waals surface area contributed by atoms with Crippen LogP contribution in [0.3, 0.4) is 0 Å². The van der Waals surface area contributed by atoms with Crippen molar-refractivity contribution in [3.05, 3.63) is 53.1 Å². The first kappa shape index (κ1) is 26.8. The third-order valence-electron chi connectivity index (χ3n) is 7.99. The molecule has 0 aliphatic heterocycles. The number of hydrogen-bond donors (Lipinski definition) is 0. The minimum Gasteiger partial charge on any atom is -0.494 e. The number of sulfone groups is 1. The van der Waals surface area contributed by atoms with E-state index in [4.69, 9.17) is 25.8 Å². The number of hydrogen-bond acceptors (Lipinski definition) is 9. The number of rotatable bonds is 10. The molecular formula is C26H32ClN5O5S. The summed E-state index contributed by atoms with van der Waals surface area (Å²) in [6.07, 6.45) is 7.72. The SMILES string of the molecule is COc1cccc(OC)c1-n1c(CS(=O)(=O)[C@@H](C)[C@H](OC)c2ncc(Cl)cn2)nnc1C1CC2(CCC2)C1. The van der Waals surface area contributed by atoms with Gasteiger partial charge in [0.1, 0.15) is 34.9 Å². The Balaban J connectivity index is 1.53. The summed E-state index contributed by atoms with van der Waals surface area (Å²) >= 11 is 5.91. The fourth-order valence-corrected chi connectivity index (χ4v) is 7.23. The zero-order valence-corrected chi connectivity index (χ0v) is 23.5. The first-order chi connectivity index (χ1) is 18.2. The van der Waals surface area contributed by atoms with Crippen LogP contribution in [0.15, 0.2) is 30.6 Å². The minimum absolute atomic E-state index is 0.181. The number of benzene rings is 1. The Bertz CT molecular complexity index is 1380. The van der Waals surface area contributed by atoms with Crippen molar-refractivity contribution < 1.29 is 22.6 Å². The largest absolute Gasteiger partial charge is 0.494 e. The van der Waals surface area contributed by atoms with Gasteiger partial charge in [-0.15, -0.1) is 10.2 Å². The molecule has 2 fully saturated rings. The molecule has 2 aliphatic carbocycles. The quantitative estimate of drug-likeness (QED) is 0.353. The van der Waals surface area contributed by atoms with Gasteiger partial charge in [0.15, 0.2) is 21.5 Å². The molecule has 0 radical (unpaired) electrons. The lowest BCUT2D eigenvalue weighted by atomic mass is 9.51. The van der Waals surface area contributed by atoms with E-state index in [2.05, 4.69) is 20.2 Å². The molecule has 204 valence electrons. The predicted molar refractivity (Wildman–Crippen MR) is 142 cm³/mol. The Morgan fingerprint density at radius 2 is 1.71 bits per heavy atom. The first-order valence-electron chi connectivity index (χ1n) is 12.6. The van der Waals surface area contributed by atoms with Gasteiger partial charge in [0.2, 0.25) is 0 Å². The zero-order valence-electron chi connectivity index (χ0n) is 21.9. The highest BCUT2D eigenvalue weighted by Gasteiger charge is 2.50. The number of halogens is 1. The normalized spacial score (nSPS) is 18.4. The van der Waals surface area contributed by atoms with E-state index in [0.717, 1.165) is 18.7 Å². The molecule has 0 bridgehead atoms. The first-order valence-corrected chi connectivity index (χ1v) is 14.7. The Labute approximate surface area is 227 Å². The van der Waals surface area contributed by atoms with E-state index in [1.165, 1.54) is 38.8 Å². The predicted octanol–water partition coefficient (Wildman–Crippen LogP) is 4.47. The van der Waals surface area contributed by atoms with Crippen LogP contribution in [0.1, 0.15) is 68.5 Å². The average molecular weight is 562 g/mol. The zero-order chi connectivity index (χ0) is 27.1. The molecule has 2 atom stereocenters. The van der Waals surface area contributed by atoms with Crippen LogP contribution < -0.4 is 9.47 Å². The molecule has 5 rings (SSSR count). The summed E-state index contributed by atoms with van der Waals surface area (Å²) in [4.78, 5) is 8.35. The number of methoxy groups -OCH3 is 3. The summed E-state index contributed by atoms with van der Waals surface area (Å²) < 4.78 is 46.2. The fourth-order valence-electron chi connectivity index (χ4n) is 5.71. The summed E-state index contributed by atoms with van der Waals surface area (Å²) in [5.74, 6) is 2.15. The van der Waals surface area contributed by atoms with E-state index in [-0.39, 0.29) is 23.3 Å². The second-order valence-corrected chi connectivity index (χ2v) is 13.0. The standard InChI is InChI=1S/C26H32ClN5O5S/c1-16(23(37-4)24-28-13-18(27)14-29-24)38(33,34)15-21-30-31-25(17-11-26(12-17)9-6-10-26)32(21)22-19(35-2)7-5-8-20(22)36-3/h5,7-8,13-14,16-17,23H,6,9-12,15H2,1-4H3/t16-,23-/m0/s1. The van der Waals surface area contributed by atoms with Gasteiger partial charge in [-0.2, -0.15) is 0 Å². The highest BCUT2D eigenvalue weighted by molar-refractivity contribution is 7.91. The lowest BCUT2D eigenvalue weighted by Gasteiger charge is -2.53. The fraction of sp³-hybridized carbons (Fsp3) is 0.538. The van der Waals surface area contributed by atoms with Crippen LogP contribution in [-0.4, -0.2) is 59.7 Å². The Morgan fingerprint density at radius 1 is 1.08 bits per heavy atom. The number of aromatic nitrogens is 5. The van der Waals surface area contributed by atoms with Crippen molar-refractivity contribution in [1.82, 2.24) is 24.7 Å². The van der Waals surface area contributed by atoms with Gasteiger partial charge in [-0.25, -0.2) is 18.4 Å². The van der Waals surface area contributed by atoms with Crippen molar-refractivity contribution in [1.29, 1.82) is 0 Å². The molecule has 10 nitrogen and oxygen atoms in total. The molecule has 2 heterocycles. The van der Waals surface area contributed by atoms with Crippen LogP contribution in [-0.2, 0) is 20.3 Å². The Hall–Kier alpha value is -2.76. The third kappa shape index (κ3) is 4.76. The van der Waals surface area contributed by atoms with Gasteiger partial charge in [-0.1, -0.05) is 24.1 Å². The van der Waals surface area contributed by atoms with Crippen LogP contribution in [0.2, 0.25) is 5.02 Å². The van der Waals surface area contributed by atoms with Crippen LogP contribution >= 0.6 is 11.6 Å².